The molecule has 2 aromatic heterocycles. The molecule has 1 fully saturated rings. The van der Waals surface area contributed by atoms with Gasteiger partial charge in [0.15, 0.2) is 0 Å². The van der Waals surface area contributed by atoms with Gasteiger partial charge in [-0.2, -0.15) is 0 Å². The van der Waals surface area contributed by atoms with E-state index < -0.39 is 5.97 Å². The van der Waals surface area contributed by atoms with Gasteiger partial charge in [-0.15, -0.1) is 11.8 Å². The Hall–Kier alpha value is -2.71. The SMILES string of the molecule is COc1ccc2nccc(CCC[C@@H]3CCN(CCCSc4cncnc4)C[C@@H]3C(=O)O)c2c1. The number of fused-ring (bicyclic) bond motifs is 1. The van der Waals surface area contributed by atoms with Crippen molar-refractivity contribution in [3.8, 4) is 5.75 Å². The van der Waals surface area contributed by atoms with Crippen molar-refractivity contribution in [3.63, 3.8) is 0 Å². The molecule has 0 aliphatic carbocycles. The Labute approximate surface area is 205 Å². The van der Waals surface area contributed by atoms with Gasteiger partial charge in [0.05, 0.1) is 18.5 Å². The van der Waals surface area contributed by atoms with Crippen LogP contribution in [-0.4, -0.2) is 63.4 Å². The number of aliphatic carboxylic acids is 1. The van der Waals surface area contributed by atoms with Crippen molar-refractivity contribution in [2.45, 2.75) is 37.0 Å². The highest BCUT2D eigenvalue weighted by molar-refractivity contribution is 7.99. The van der Waals surface area contributed by atoms with E-state index in [9.17, 15) is 9.90 Å². The number of rotatable bonds is 11. The van der Waals surface area contributed by atoms with Crippen molar-refractivity contribution >= 4 is 28.6 Å². The molecule has 0 unspecified atom stereocenters. The van der Waals surface area contributed by atoms with Crippen LogP contribution in [0.1, 0.15) is 31.2 Å². The molecule has 1 aromatic carbocycles. The Morgan fingerprint density at radius 2 is 2.09 bits per heavy atom. The first-order chi connectivity index (χ1) is 16.6. The molecule has 0 saturated carbocycles. The predicted molar refractivity (Wildman–Crippen MR) is 134 cm³/mol. The van der Waals surface area contributed by atoms with E-state index in [4.69, 9.17) is 4.74 Å². The summed E-state index contributed by atoms with van der Waals surface area (Å²) in [4.78, 5) is 28.0. The van der Waals surface area contributed by atoms with Crippen molar-refractivity contribution in [1.29, 1.82) is 0 Å². The van der Waals surface area contributed by atoms with Crippen LogP contribution >= 0.6 is 11.8 Å². The maximum Gasteiger partial charge on any atom is 0.308 e. The van der Waals surface area contributed by atoms with Gasteiger partial charge in [-0.1, -0.05) is 0 Å². The van der Waals surface area contributed by atoms with Gasteiger partial charge in [-0.25, -0.2) is 9.97 Å². The zero-order chi connectivity index (χ0) is 23.8. The summed E-state index contributed by atoms with van der Waals surface area (Å²) < 4.78 is 5.38. The summed E-state index contributed by atoms with van der Waals surface area (Å²) >= 11 is 1.75. The molecule has 3 heterocycles. The van der Waals surface area contributed by atoms with Gasteiger partial charge in [0, 0.05) is 35.4 Å². The van der Waals surface area contributed by atoms with Gasteiger partial charge in [0.25, 0.3) is 0 Å². The number of piperidine rings is 1. The Bertz CT molecular complexity index is 1080. The quantitative estimate of drug-likeness (QED) is 0.316. The number of aromatic nitrogens is 3. The third-order valence-electron chi connectivity index (χ3n) is 6.64. The molecule has 4 rings (SSSR count). The molecule has 1 saturated heterocycles. The average Bonchev–Trinajstić information content (AvgIpc) is 2.87. The number of benzene rings is 1. The minimum Gasteiger partial charge on any atom is -0.497 e. The number of ether oxygens (including phenoxy) is 1. The summed E-state index contributed by atoms with van der Waals surface area (Å²) in [5.74, 6) is 1.08. The number of methoxy groups -OCH3 is 1. The minimum absolute atomic E-state index is 0.229. The molecule has 0 bridgehead atoms. The van der Waals surface area contributed by atoms with E-state index in [-0.39, 0.29) is 11.8 Å². The standard InChI is InChI=1S/C26H32N4O3S/c1-33-21-6-7-25-23(14-21)19(8-10-29-25)4-2-5-20-9-12-30(17-24(20)26(31)32)11-3-13-34-22-15-27-18-28-16-22/h6-8,10,14-16,18,20,24H,2-5,9,11-13,17H2,1H3,(H,31,32)/t20-,24+/m1/s1. The number of aryl methyl sites for hydroxylation is 1. The van der Waals surface area contributed by atoms with Crippen LogP contribution in [-0.2, 0) is 11.2 Å². The topological polar surface area (TPSA) is 88.4 Å². The van der Waals surface area contributed by atoms with Crippen LogP contribution in [0.4, 0.5) is 0 Å². The lowest BCUT2D eigenvalue weighted by molar-refractivity contribution is -0.146. The molecule has 34 heavy (non-hydrogen) atoms. The van der Waals surface area contributed by atoms with Gasteiger partial charge < -0.3 is 14.7 Å². The Balaban J connectivity index is 1.26. The van der Waals surface area contributed by atoms with Gasteiger partial charge in [0.1, 0.15) is 12.1 Å². The second kappa shape index (κ2) is 12.1. The van der Waals surface area contributed by atoms with Crippen molar-refractivity contribution in [2.24, 2.45) is 11.8 Å². The first-order valence-corrected chi connectivity index (χ1v) is 12.9. The number of hydrogen-bond acceptors (Lipinski definition) is 7. The first-order valence-electron chi connectivity index (χ1n) is 11.9. The van der Waals surface area contributed by atoms with Crippen molar-refractivity contribution in [2.75, 3.05) is 32.5 Å². The Kier molecular flexibility index (Phi) is 8.71. The Morgan fingerprint density at radius 1 is 1.24 bits per heavy atom. The number of thioether (sulfide) groups is 1. The summed E-state index contributed by atoms with van der Waals surface area (Å²) in [6, 6.07) is 8.02. The average molecular weight is 481 g/mol. The monoisotopic (exact) mass is 480 g/mol. The smallest absolute Gasteiger partial charge is 0.308 e. The second-order valence-electron chi connectivity index (χ2n) is 8.82. The summed E-state index contributed by atoms with van der Waals surface area (Å²) in [5.41, 5.74) is 2.21. The molecule has 3 aromatic rings. The third kappa shape index (κ3) is 6.45. The molecule has 7 nitrogen and oxygen atoms in total. The van der Waals surface area contributed by atoms with E-state index in [1.54, 1.807) is 18.9 Å². The molecule has 0 amide bonds. The van der Waals surface area contributed by atoms with Gasteiger partial charge in [-0.3, -0.25) is 9.78 Å². The van der Waals surface area contributed by atoms with Crippen molar-refractivity contribution < 1.29 is 14.6 Å². The number of carboxylic acid groups (broad SMARTS) is 1. The highest BCUT2D eigenvalue weighted by atomic mass is 32.2. The van der Waals surface area contributed by atoms with Gasteiger partial charge in [-0.05, 0) is 86.7 Å². The summed E-state index contributed by atoms with van der Waals surface area (Å²) in [6.07, 6.45) is 11.8. The predicted octanol–water partition coefficient (Wildman–Crippen LogP) is 4.56. The first kappa shape index (κ1) is 24.4. The van der Waals surface area contributed by atoms with E-state index in [0.29, 0.717) is 6.54 Å². The van der Waals surface area contributed by atoms with Crippen molar-refractivity contribution in [1.82, 2.24) is 19.9 Å². The highest BCUT2D eigenvalue weighted by Gasteiger charge is 2.33. The summed E-state index contributed by atoms with van der Waals surface area (Å²) in [6.45, 7) is 2.56. The van der Waals surface area contributed by atoms with Crippen molar-refractivity contribution in [3.05, 3.63) is 54.7 Å². The molecule has 180 valence electrons. The molecule has 0 radical (unpaired) electrons. The van der Waals surface area contributed by atoms with E-state index in [1.165, 1.54) is 11.9 Å². The fraction of sp³-hybridized carbons (Fsp3) is 0.462. The fourth-order valence-corrected chi connectivity index (χ4v) is 5.60. The van der Waals surface area contributed by atoms with Crippen LogP contribution < -0.4 is 4.74 Å². The lowest BCUT2D eigenvalue weighted by atomic mass is 9.81. The van der Waals surface area contributed by atoms with Crippen LogP contribution in [0.2, 0.25) is 0 Å². The highest BCUT2D eigenvalue weighted by Crippen LogP contribution is 2.30. The van der Waals surface area contributed by atoms with Crippen LogP contribution in [0.25, 0.3) is 10.9 Å². The van der Waals surface area contributed by atoms with E-state index in [2.05, 4.69) is 25.9 Å². The lowest BCUT2D eigenvalue weighted by Gasteiger charge is -2.36. The molecular formula is C26H32N4O3S. The molecular weight excluding hydrogens is 448 g/mol. The molecule has 1 aliphatic heterocycles. The van der Waals surface area contributed by atoms with Crippen LogP contribution in [0, 0.1) is 11.8 Å². The largest absolute Gasteiger partial charge is 0.497 e. The maximum absolute atomic E-state index is 12.0. The zero-order valence-electron chi connectivity index (χ0n) is 19.6. The number of pyridine rings is 1. The fourth-order valence-electron chi connectivity index (χ4n) is 4.82. The third-order valence-corrected chi connectivity index (χ3v) is 7.68. The minimum atomic E-state index is -0.662. The molecule has 1 N–H and O–H groups in total. The van der Waals surface area contributed by atoms with Crippen LogP contribution in [0.5, 0.6) is 5.75 Å². The van der Waals surface area contributed by atoms with E-state index >= 15 is 0 Å². The molecule has 2 atom stereocenters. The lowest BCUT2D eigenvalue weighted by Crippen LogP contribution is -2.44. The van der Waals surface area contributed by atoms with Gasteiger partial charge in [0.2, 0.25) is 0 Å². The zero-order valence-corrected chi connectivity index (χ0v) is 20.4. The molecule has 0 spiro atoms. The number of likely N-dealkylation sites (tertiary alicyclic amines) is 1. The van der Waals surface area contributed by atoms with Crippen LogP contribution in [0.15, 0.2) is 54.1 Å². The summed E-state index contributed by atoms with van der Waals surface area (Å²) in [7, 11) is 1.67. The van der Waals surface area contributed by atoms with E-state index in [1.807, 2.05) is 36.8 Å². The van der Waals surface area contributed by atoms with E-state index in [0.717, 1.165) is 72.5 Å². The molecule has 1 aliphatic rings. The second-order valence-corrected chi connectivity index (χ2v) is 9.98. The number of hydrogen-bond donors (Lipinski definition) is 1. The number of carbonyl (C=O) groups is 1. The number of carboxylic acids is 1. The molecule has 8 heteroatoms. The summed E-state index contributed by atoms with van der Waals surface area (Å²) in [5, 5.41) is 11.0. The number of nitrogens with zero attached hydrogens (tertiary/aromatic N) is 4. The Morgan fingerprint density at radius 3 is 2.88 bits per heavy atom. The maximum atomic E-state index is 12.0. The normalized spacial score (nSPS) is 18.7. The van der Waals surface area contributed by atoms with Crippen LogP contribution in [0.3, 0.4) is 0 Å². The van der Waals surface area contributed by atoms with Gasteiger partial charge >= 0.3 is 5.97 Å².